The van der Waals surface area contributed by atoms with Crippen LogP contribution < -0.4 is 15.4 Å². The molecule has 114 valence electrons. The van der Waals surface area contributed by atoms with Crippen LogP contribution >= 0.6 is 0 Å². The molecule has 0 fully saturated rings. The van der Waals surface area contributed by atoms with Gasteiger partial charge in [-0.2, -0.15) is 4.98 Å². The summed E-state index contributed by atoms with van der Waals surface area (Å²) in [5, 5.41) is 5.59. The molecule has 7 nitrogen and oxygen atoms in total. The molecule has 3 N–H and O–H groups in total. The molecule has 0 radical (unpaired) electrons. The Morgan fingerprint density at radius 1 is 1.25 bits per heavy atom. The van der Waals surface area contributed by atoms with Crippen molar-refractivity contribution in [1.29, 1.82) is 0 Å². The Kier molecular flexibility index (Phi) is 6.59. The highest BCUT2D eigenvalue weighted by Gasteiger charge is 2.10. The summed E-state index contributed by atoms with van der Waals surface area (Å²) in [5.41, 5.74) is 0. The monoisotopic (exact) mass is 305 g/mol. The van der Waals surface area contributed by atoms with Gasteiger partial charge in [0.2, 0.25) is 16.0 Å². The quantitative estimate of drug-likeness (QED) is 0.624. The number of hydrogen-bond donors (Lipinski definition) is 3. The maximum Gasteiger partial charge on any atom is 0.224 e. The zero-order chi connectivity index (χ0) is 15.0. The number of halogens is 1. The first-order valence-electron chi connectivity index (χ1n) is 6.46. The lowest BCUT2D eigenvalue weighted by Gasteiger charge is -2.09. The zero-order valence-corrected chi connectivity index (χ0v) is 12.4. The van der Waals surface area contributed by atoms with E-state index in [4.69, 9.17) is 0 Å². The molecule has 0 atom stereocenters. The number of aromatic nitrogens is 2. The maximum atomic E-state index is 13.5. The maximum absolute atomic E-state index is 13.5. The van der Waals surface area contributed by atoms with Crippen molar-refractivity contribution in [3.05, 3.63) is 12.0 Å². The topological polar surface area (TPSA) is 96.0 Å². The molecule has 1 aromatic rings. The van der Waals surface area contributed by atoms with Crippen molar-refractivity contribution in [2.45, 2.75) is 20.3 Å². The third kappa shape index (κ3) is 5.66. The van der Waals surface area contributed by atoms with Gasteiger partial charge in [-0.05, 0) is 6.42 Å². The van der Waals surface area contributed by atoms with Crippen molar-refractivity contribution in [1.82, 2.24) is 14.7 Å². The Bertz CT molecular complexity index is 524. The standard InChI is InChI=1S/C11H20FN5O2S/c1-3-5-14-11-15-8-9(12)10(17-11)13-6-7-20(18,19)16-4-2/h8,16H,3-7H2,1-2H3,(H2,13,14,15,17). The summed E-state index contributed by atoms with van der Waals surface area (Å²) in [6, 6.07) is 0. The summed E-state index contributed by atoms with van der Waals surface area (Å²) in [6.45, 7) is 4.76. The SMILES string of the molecule is CCCNc1ncc(F)c(NCCS(=O)(=O)NCC)n1. The van der Waals surface area contributed by atoms with Crippen LogP contribution in [0.15, 0.2) is 6.20 Å². The van der Waals surface area contributed by atoms with Gasteiger partial charge in [-0.1, -0.05) is 13.8 Å². The first-order valence-corrected chi connectivity index (χ1v) is 8.11. The van der Waals surface area contributed by atoms with Gasteiger partial charge in [-0.3, -0.25) is 0 Å². The molecule has 0 aliphatic heterocycles. The van der Waals surface area contributed by atoms with Crippen LogP contribution in [0.2, 0.25) is 0 Å². The minimum atomic E-state index is -3.33. The second-order valence-corrected chi connectivity index (χ2v) is 5.99. The molecule has 0 unspecified atom stereocenters. The molecule has 0 aliphatic carbocycles. The van der Waals surface area contributed by atoms with Gasteiger partial charge in [-0.25, -0.2) is 22.5 Å². The highest BCUT2D eigenvalue weighted by Crippen LogP contribution is 2.11. The first kappa shape index (κ1) is 16.6. The Balaban J connectivity index is 2.58. The van der Waals surface area contributed by atoms with Crippen LogP contribution in [0.3, 0.4) is 0 Å². The van der Waals surface area contributed by atoms with Crippen LogP contribution in [0, 0.1) is 5.82 Å². The lowest BCUT2D eigenvalue weighted by atomic mass is 10.5. The van der Waals surface area contributed by atoms with Gasteiger partial charge in [0, 0.05) is 19.6 Å². The summed E-state index contributed by atoms with van der Waals surface area (Å²) >= 11 is 0. The predicted octanol–water partition coefficient (Wildman–Crippen LogP) is 0.789. The first-order chi connectivity index (χ1) is 9.48. The zero-order valence-electron chi connectivity index (χ0n) is 11.6. The fourth-order valence-electron chi connectivity index (χ4n) is 1.41. The average molecular weight is 305 g/mol. The van der Waals surface area contributed by atoms with Crippen molar-refractivity contribution < 1.29 is 12.8 Å². The molecule has 20 heavy (non-hydrogen) atoms. The van der Waals surface area contributed by atoms with E-state index >= 15 is 0 Å². The fraction of sp³-hybridized carbons (Fsp3) is 0.636. The number of nitrogens with zero attached hydrogens (tertiary/aromatic N) is 2. The van der Waals surface area contributed by atoms with Crippen molar-refractivity contribution >= 4 is 21.8 Å². The molecule has 0 bridgehead atoms. The van der Waals surface area contributed by atoms with Crippen LogP contribution in [-0.2, 0) is 10.0 Å². The van der Waals surface area contributed by atoms with Gasteiger partial charge in [0.05, 0.1) is 11.9 Å². The van der Waals surface area contributed by atoms with E-state index in [1.54, 1.807) is 6.92 Å². The highest BCUT2D eigenvalue weighted by molar-refractivity contribution is 7.89. The molecule has 0 saturated carbocycles. The molecule has 0 aromatic carbocycles. The molecular weight excluding hydrogens is 285 g/mol. The predicted molar refractivity (Wildman–Crippen MR) is 76.7 cm³/mol. The van der Waals surface area contributed by atoms with Gasteiger partial charge in [0.25, 0.3) is 0 Å². The van der Waals surface area contributed by atoms with Crippen LogP contribution in [0.4, 0.5) is 16.2 Å². The largest absolute Gasteiger partial charge is 0.366 e. The molecule has 0 amide bonds. The van der Waals surface area contributed by atoms with E-state index in [-0.39, 0.29) is 18.1 Å². The van der Waals surface area contributed by atoms with Crippen molar-refractivity contribution in [3.8, 4) is 0 Å². The molecule has 0 spiro atoms. The summed E-state index contributed by atoms with van der Waals surface area (Å²) in [4.78, 5) is 7.75. The Morgan fingerprint density at radius 3 is 2.65 bits per heavy atom. The molecular formula is C11H20FN5O2S. The molecule has 1 aromatic heterocycles. The van der Waals surface area contributed by atoms with Gasteiger partial charge < -0.3 is 10.6 Å². The normalized spacial score (nSPS) is 11.3. The van der Waals surface area contributed by atoms with Gasteiger partial charge in [0.1, 0.15) is 0 Å². The Labute approximate surface area is 118 Å². The lowest BCUT2D eigenvalue weighted by molar-refractivity contribution is 0.583. The van der Waals surface area contributed by atoms with Gasteiger partial charge in [0.15, 0.2) is 11.6 Å². The van der Waals surface area contributed by atoms with Crippen LogP contribution in [0.5, 0.6) is 0 Å². The second kappa shape index (κ2) is 7.95. The number of sulfonamides is 1. The van der Waals surface area contributed by atoms with E-state index < -0.39 is 15.8 Å². The van der Waals surface area contributed by atoms with Crippen LogP contribution in [-0.4, -0.2) is 43.8 Å². The average Bonchev–Trinajstić information content (AvgIpc) is 2.39. The van der Waals surface area contributed by atoms with Crippen LogP contribution in [0.25, 0.3) is 0 Å². The van der Waals surface area contributed by atoms with Crippen molar-refractivity contribution in [2.24, 2.45) is 0 Å². The highest BCUT2D eigenvalue weighted by atomic mass is 32.2. The van der Waals surface area contributed by atoms with E-state index in [1.165, 1.54) is 0 Å². The minimum absolute atomic E-state index is 0.00898. The Hall–Kier alpha value is -1.48. The summed E-state index contributed by atoms with van der Waals surface area (Å²) < 4.78 is 38.7. The Morgan fingerprint density at radius 2 is 2.00 bits per heavy atom. The van der Waals surface area contributed by atoms with Gasteiger partial charge in [-0.15, -0.1) is 0 Å². The third-order valence-electron chi connectivity index (χ3n) is 2.30. The molecule has 9 heteroatoms. The van der Waals surface area contributed by atoms with E-state index in [0.29, 0.717) is 19.0 Å². The molecule has 1 rings (SSSR count). The van der Waals surface area contributed by atoms with Crippen molar-refractivity contribution in [2.75, 3.05) is 36.0 Å². The van der Waals surface area contributed by atoms with E-state index in [2.05, 4.69) is 25.3 Å². The molecule has 0 saturated heterocycles. The lowest BCUT2D eigenvalue weighted by Crippen LogP contribution is -2.29. The summed E-state index contributed by atoms with van der Waals surface area (Å²) in [7, 11) is -3.33. The van der Waals surface area contributed by atoms with Crippen LogP contribution in [0.1, 0.15) is 20.3 Å². The van der Waals surface area contributed by atoms with Crippen molar-refractivity contribution in [3.63, 3.8) is 0 Å². The van der Waals surface area contributed by atoms with E-state index in [9.17, 15) is 12.8 Å². The van der Waals surface area contributed by atoms with Gasteiger partial charge >= 0.3 is 0 Å². The number of rotatable bonds is 9. The second-order valence-electron chi connectivity index (χ2n) is 4.06. The number of nitrogens with one attached hydrogen (secondary N) is 3. The minimum Gasteiger partial charge on any atom is -0.366 e. The summed E-state index contributed by atoms with van der Waals surface area (Å²) in [5.74, 6) is -0.467. The number of hydrogen-bond acceptors (Lipinski definition) is 6. The third-order valence-corrected chi connectivity index (χ3v) is 3.77. The molecule has 1 heterocycles. The number of anilines is 2. The summed E-state index contributed by atoms with van der Waals surface area (Å²) in [6.07, 6.45) is 1.94. The van der Waals surface area contributed by atoms with E-state index in [0.717, 1.165) is 12.6 Å². The fourth-order valence-corrected chi connectivity index (χ4v) is 2.36. The molecule has 0 aliphatic rings. The smallest absolute Gasteiger partial charge is 0.224 e. The van der Waals surface area contributed by atoms with E-state index in [1.807, 2.05) is 6.92 Å².